The molecular weight excluding hydrogens is 346 g/mol. The molecule has 0 spiro atoms. The summed E-state index contributed by atoms with van der Waals surface area (Å²) < 4.78 is 0. The summed E-state index contributed by atoms with van der Waals surface area (Å²) in [7, 11) is 2.20. The lowest BCUT2D eigenvalue weighted by Crippen LogP contribution is -2.39. The molecule has 158 valence electrons. The fraction of sp³-hybridized carbons (Fsp3) is 0.696. The van der Waals surface area contributed by atoms with Gasteiger partial charge in [-0.2, -0.15) is 0 Å². The minimum atomic E-state index is 0.374. The SMILES string of the molecule is CCNC(=NCC(c1ccccc1)N1CCCC1)NCCCCN(C)C(C)C. The lowest BCUT2D eigenvalue weighted by molar-refractivity contribution is 0.251. The molecular formula is C23H41N5. The van der Waals surface area contributed by atoms with Gasteiger partial charge in [0.05, 0.1) is 12.6 Å². The maximum absolute atomic E-state index is 4.94. The highest BCUT2D eigenvalue weighted by molar-refractivity contribution is 5.79. The molecule has 0 amide bonds. The highest BCUT2D eigenvalue weighted by Crippen LogP contribution is 2.25. The van der Waals surface area contributed by atoms with Gasteiger partial charge >= 0.3 is 0 Å². The second-order valence-electron chi connectivity index (χ2n) is 8.10. The van der Waals surface area contributed by atoms with Gasteiger partial charge in [0.25, 0.3) is 0 Å². The predicted molar refractivity (Wildman–Crippen MR) is 121 cm³/mol. The molecule has 2 rings (SSSR count). The topological polar surface area (TPSA) is 42.9 Å². The van der Waals surface area contributed by atoms with E-state index in [1.165, 1.54) is 37.9 Å². The van der Waals surface area contributed by atoms with Gasteiger partial charge in [-0.3, -0.25) is 9.89 Å². The number of nitrogens with zero attached hydrogens (tertiary/aromatic N) is 3. The van der Waals surface area contributed by atoms with Crippen LogP contribution in [0.4, 0.5) is 0 Å². The van der Waals surface area contributed by atoms with E-state index in [0.717, 1.165) is 38.6 Å². The zero-order chi connectivity index (χ0) is 20.2. The number of likely N-dealkylation sites (tertiary alicyclic amines) is 1. The summed E-state index contributed by atoms with van der Waals surface area (Å²) in [6, 6.07) is 11.8. The first-order chi connectivity index (χ1) is 13.6. The molecule has 2 N–H and O–H groups in total. The van der Waals surface area contributed by atoms with Crippen LogP contribution in [-0.2, 0) is 0 Å². The summed E-state index contributed by atoms with van der Waals surface area (Å²) in [4.78, 5) is 9.93. The van der Waals surface area contributed by atoms with Gasteiger partial charge in [0, 0.05) is 19.1 Å². The van der Waals surface area contributed by atoms with Crippen LogP contribution < -0.4 is 10.6 Å². The Morgan fingerprint density at radius 1 is 1.11 bits per heavy atom. The normalized spacial score (nSPS) is 16.7. The predicted octanol–water partition coefficient (Wildman–Crippen LogP) is 3.50. The number of benzene rings is 1. The second kappa shape index (κ2) is 12.8. The zero-order valence-electron chi connectivity index (χ0n) is 18.5. The minimum absolute atomic E-state index is 0.374. The molecule has 1 fully saturated rings. The van der Waals surface area contributed by atoms with Crippen molar-refractivity contribution in [3.8, 4) is 0 Å². The van der Waals surface area contributed by atoms with Crippen molar-refractivity contribution in [3.63, 3.8) is 0 Å². The van der Waals surface area contributed by atoms with Gasteiger partial charge < -0.3 is 15.5 Å². The molecule has 1 atom stereocenters. The van der Waals surface area contributed by atoms with Gasteiger partial charge in [-0.1, -0.05) is 30.3 Å². The number of rotatable bonds is 11. The maximum atomic E-state index is 4.94. The van der Waals surface area contributed by atoms with Crippen molar-refractivity contribution < 1.29 is 0 Å². The van der Waals surface area contributed by atoms with Crippen LogP contribution in [0.15, 0.2) is 35.3 Å². The average Bonchev–Trinajstić information content (AvgIpc) is 3.22. The van der Waals surface area contributed by atoms with E-state index < -0.39 is 0 Å². The van der Waals surface area contributed by atoms with Crippen molar-refractivity contribution in [3.05, 3.63) is 35.9 Å². The van der Waals surface area contributed by atoms with E-state index in [1.807, 2.05) is 0 Å². The smallest absolute Gasteiger partial charge is 0.191 e. The number of hydrogen-bond donors (Lipinski definition) is 2. The summed E-state index contributed by atoms with van der Waals surface area (Å²) in [5.74, 6) is 0.944. The highest BCUT2D eigenvalue weighted by atomic mass is 15.2. The van der Waals surface area contributed by atoms with Crippen LogP contribution in [0.3, 0.4) is 0 Å². The van der Waals surface area contributed by atoms with Gasteiger partial charge in [-0.15, -0.1) is 0 Å². The van der Waals surface area contributed by atoms with Crippen molar-refractivity contribution >= 4 is 5.96 Å². The molecule has 0 radical (unpaired) electrons. The van der Waals surface area contributed by atoms with Crippen molar-refractivity contribution in [1.82, 2.24) is 20.4 Å². The first-order valence-corrected chi connectivity index (χ1v) is 11.1. The summed E-state index contributed by atoms with van der Waals surface area (Å²) >= 11 is 0. The quantitative estimate of drug-likeness (QED) is 0.346. The molecule has 1 saturated heterocycles. The molecule has 5 heteroatoms. The zero-order valence-corrected chi connectivity index (χ0v) is 18.5. The number of aliphatic imine (C=N–C) groups is 1. The van der Waals surface area contributed by atoms with E-state index in [4.69, 9.17) is 4.99 Å². The third-order valence-corrected chi connectivity index (χ3v) is 5.64. The second-order valence-corrected chi connectivity index (χ2v) is 8.10. The van der Waals surface area contributed by atoms with Crippen LogP contribution in [0.2, 0.25) is 0 Å². The molecule has 0 aliphatic carbocycles. The van der Waals surface area contributed by atoms with Crippen LogP contribution in [0.1, 0.15) is 58.1 Å². The molecule has 1 aromatic carbocycles. The molecule has 1 aliphatic heterocycles. The van der Waals surface area contributed by atoms with E-state index in [9.17, 15) is 0 Å². The number of guanidine groups is 1. The molecule has 1 unspecified atom stereocenters. The summed E-state index contributed by atoms with van der Waals surface area (Å²) in [5.41, 5.74) is 1.38. The van der Waals surface area contributed by atoms with Gasteiger partial charge in [0.15, 0.2) is 5.96 Å². The van der Waals surface area contributed by atoms with E-state index in [0.29, 0.717) is 12.1 Å². The largest absolute Gasteiger partial charge is 0.357 e. The maximum Gasteiger partial charge on any atom is 0.191 e. The average molecular weight is 388 g/mol. The third-order valence-electron chi connectivity index (χ3n) is 5.64. The minimum Gasteiger partial charge on any atom is -0.357 e. The lowest BCUT2D eigenvalue weighted by atomic mass is 10.1. The van der Waals surface area contributed by atoms with Crippen LogP contribution in [0.25, 0.3) is 0 Å². The number of nitrogens with one attached hydrogen (secondary N) is 2. The Morgan fingerprint density at radius 2 is 1.82 bits per heavy atom. The summed E-state index contributed by atoms with van der Waals surface area (Å²) in [6.07, 6.45) is 4.98. The lowest BCUT2D eigenvalue weighted by Gasteiger charge is -2.27. The van der Waals surface area contributed by atoms with Crippen LogP contribution >= 0.6 is 0 Å². The Morgan fingerprint density at radius 3 is 2.46 bits per heavy atom. The van der Waals surface area contributed by atoms with Crippen LogP contribution in [-0.4, -0.2) is 68.1 Å². The Balaban J connectivity index is 1.87. The third kappa shape index (κ3) is 7.80. The Hall–Kier alpha value is -1.59. The van der Waals surface area contributed by atoms with Crippen molar-refractivity contribution in [2.24, 2.45) is 4.99 Å². The molecule has 0 bridgehead atoms. The summed E-state index contributed by atoms with van der Waals surface area (Å²) in [6.45, 7) is 12.8. The van der Waals surface area contributed by atoms with Crippen LogP contribution in [0, 0.1) is 0 Å². The fourth-order valence-electron chi connectivity index (χ4n) is 3.63. The monoisotopic (exact) mass is 387 g/mol. The van der Waals surface area contributed by atoms with Crippen LogP contribution in [0.5, 0.6) is 0 Å². The number of unbranched alkanes of at least 4 members (excludes halogenated alkanes) is 1. The molecule has 1 aromatic rings. The molecule has 0 saturated carbocycles. The standard InChI is InChI=1S/C23H41N5/c1-5-24-23(25-15-9-10-16-27(4)20(2)3)26-19-22(28-17-11-12-18-28)21-13-7-6-8-14-21/h6-8,13-14,20,22H,5,9-12,15-19H2,1-4H3,(H2,24,25,26). The first kappa shape index (κ1) is 22.7. The Kier molecular flexibility index (Phi) is 10.4. The Labute approximate surface area is 172 Å². The molecule has 28 heavy (non-hydrogen) atoms. The Bertz CT molecular complexity index is 551. The van der Waals surface area contributed by atoms with Crippen molar-refractivity contribution in [2.45, 2.75) is 58.5 Å². The molecule has 5 nitrogen and oxygen atoms in total. The molecule has 1 aliphatic rings. The van der Waals surface area contributed by atoms with Gasteiger partial charge in [-0.25, -0.2) is 0 Å². The fourth-order valence-corrected chi connectivity index (χ4v) is 3.63. The highest BCUT2D eigenvalue weighted by Gasteiger charge is 2.23. The molecule has 1 heterocycles. The molecule has 0 aromatic heterocycles. The van der Waals surface area contributed by atoms with Gasteiger partial charge in [-0.05, 0) is 78.7 Å². The van der Waals surface area contributed by atoms with E-state index in [2.05, 4.69) is 78.6 Å². The van der Waals surface area contributed by atoms with E-state index in [1.54, 1.807) is 0 Å². The van der Waals surface area contributed by atoms with Crippen molar-refractivity contribution in [2.75, 3.05) is 46.3 Å². The first-order valence-electron chi connectivity index (χ1n) is 11.1. The van der Waals surface area contributed by atoms with Crippen molar-refractivity contribution in [1.29, 1.82) is 0 Å². The van der Waals surface area contributed by atoms with Gasteiger partial charge in [0.1, 0.15) is 0 Å². The van der Waals surface area contributed by atoms with E-state index in [-0.39, 0.29) is 0 Å². The van der Waals surface area contributed by atoms with E-state index >= 15 is 0 Å². The summed E-state index contributed by atoms with van der Waals surface area (Å²) in [5, 5.41) is 6.93. The van der Waals surface area contributed by atoms with Gasteiger partial charge in [0.2, 0.25) is 0 Å². The number of hydrogen-bond acceptors (Lipinski definition) is 3.